The van der Waals surface area contributed by atoms with Gasteiger partial charge < -0.3 is 42.0 Å². The molecule has 10 N–H and O–H groups in total. The van der Waals surface area contributed by atoms with Crippen molar-refractivity contribution in [2.45, 2.75) is 53.0 Å². The third-order valence-electron chi connectivity index (χ3n) is 7.00. The number of benzene rings is 2. The largest absolute Gasteiger partial charge is 0.481 e. The summed E-state index contributed by atoms with van der Waals surface area (Å²) in [5.41, 5.74) is 13.8. The highest BCUT2D eigenvalue weighted by Gasteiger charge is 2.26. The molecule has 0 unspecified atom stereocenters. The standard InChI is InChI=1S/C32H43N7O7S3/c1-20-16-22(38-31(35)36)18-24(39-32(42)37-11-7-13-46-15-14-45-12-5-3-4-10-27(40)41)28(20)21-8-6-9-23(17-21)49(43,44)26-19-25(29(33)34)48-30(26)47-2/h6,8-9,16-19H,3-5,7,10-15H2,1-2H3,(H3,33,34)(H,40,41)(H4,35,36,38)(H2,37,39,42). The molecule has 3 aromatic rings. The minimum atomic E-state index is -3.99. The summed E-state index contributed by atoms with van der Waals surface area (Å²) in [5, 5.41) is 32.4. The van der Waals surface area contributed by atoms with Crippen LogP contribution in [0.15, 0.2) is 56.5 Å². The number of unbranched alkanes of at least 4 members (excludes halogenated alkanes) is 2. The number of anilines is 2. The van der Waals surface area contributed by atoms with Crippen molar-refractivity contribution < 1.29 is 32.6 Å². The van der Waals surface area contributed by atoms with Gasteiger partial charge in [-0.1, -0.05) is 18.6 Å². The number of urea groups is 1. The Morgan fingerprint density at radius 1 is 0.959 bits per heavy atom. The molecular formula is C32H43N7O7S3. The molecule has 266 valence electrons. The molecule has 1 aromatic heterocycles. The van der Waals surface area contributed by atoms with Crippen LogP contribution in [0.3, 0.4) is 0 Å². The van der Waals surface area contributed by atoms with Gasteiger partial charge in [-0.2, -0.15) is 0 Å². The first-order valence-electron chi connectivity index (χ1n) is 15.4. The van der Waals surface area contributed by atoms with Crippen molar-refractivity contribution in [1.82, 2.24) is 5.32 Å². The van der Waals surface area contributed by atoms with E-state index in [9.17, 15) is 18.0 Å². The van der Waals surface area contributed by atoms with Gasteiger partial charge in [0.15, 0.2) is 5.96 Å². The van der Waals surface area contributed by atoms with Crippen molar-refractivity contribution in [3.05, 3.63) is 52.9 Å². The first kappa shape index (κ1) is 39.3. The van der Waals surface area contributed by atoms with Gasteiger partial charge >= 0.3 is 12.0 Å². The van der Waals surface area contributed by atoms with Gasteiger partial charge in [-0.3, -0.25) is 15.6 Å². The van der Waals surface area contributed by atoms with E-state index in [4.69, 9.17) is 36.9 Å². The molecule has 1 heterocycles. The SMILES string of the molecule is CSc1sc(C(=N)N)cc1S(=O)(=O)c1cccc(-c2c(C)cc(NC(=N)N)cc2NC(=O)NCCCOCCOCCCCCC(=O)O)c1. The number of amides is 2. The van der Waals surface area contributed by atoms with Gasteiger partial charge in [-0.15, -0.1) is 23.1 Å². The van der Waals surface area contributed by atoms with Gasteiger partial charge in [0.05, 0.1) is 37.8 Å². The number of carboxylic acids is 1. The second kappa shape index (κ2) is 19.1. The van der Waals surface area contributed by atoms with E-state index < -0.39 is 21.8 Å². The van der Waals surface area contributed by atoms with Crippen LogP contribution >= 0.6 is 23.1 Å². The van der Waals surface area contributed by atoms with E-state index >= 15 is 0 Å². The first-order chi connectivity index (χ1) is 23.3. The van der Waals surface area contributed by atoms with Gasteiger partial charge in [0.2, 0.25) is 9.84 Å². The third kappa shape index (κ3) is 12.0. The molecule has 0 radical (unpaired) electrons. The molecule has 2 amide bonds. The third-order valence-corrected chi connectivity index (χ3v) is 11.3. The van der Waals surface area contributed by atoms with Crippen molar-refractivity contribution in [2.75, 3.05) is 49.9 Å². The van der Waals surface area contributed by atoms with Crippen molar-refractivity contribution in [3.8, 4) is 11.1 Å². The minimum Gasteiger partial charge on any atom is -0.481 e. The Bertz CT molecular complexity index is 1750. The fourth-order valence-corrected chi connectivity index (χ4v) is 8.69. The number of guanidine groups is 1. The lowest BCUT2D eigenvalue weighted by Crippen LogP contribution is -2.30. The molecule has 0 atom stereocenters. The van der Waals surface area contributed by atoms with Gasteiger partial charge in [-0.25, -0.2) is 13.2 Å². The Hall–Kier alpha value is -4.16. The molecule has 0 saturated carbocycles. The Balaban J connectivity index is 1.67. The zero-order valence-electron chi connectivity index (χ0n) is 27.4. The predicted octanol–water partition coefficient (Wildman–Crippen LogP) is 5.06. The first-order valence-corrected chi connectivity index (χ1v) is 18.9. The maximum Gasteiger partial charge on any atom is 0.319 e. The molecule has 0 bridgehead atoms. The Morgan fingerprint density at radius 3 is 2.33 bits per heavy atom. The Labute approximate surface area is 294 Å². The van der Waals surface area contributed by atoms with E-state index in [1.807, 2.05) is 0 Å². The number of carbonyl (C=O) groups excluding carboxylic acids is 1. The molecule has 49 heavy (non-hydrogen) atoms. The summed E-state index contributed by atoms with van der Waals surface area (Å²) in [6.45, 7) is 3.90. The quantitative estimate of drug-likeness (QED) is 0.0330. The number of amidine groups is 1. The molecule has 0 aliphatic rings. The summed E-state index contributed by atoms with van der Waals surface area (Å²) in [6.07, 6.45) is 4.70. The zero-order valence-corrected chi connectivity index (χ0v) is 29.8. The van der Waals surface area contributed by atoms with E-state index in [1.54, 1.807) is 37.4 Å². The normalized spacial score (nSPS) is 11.2. The van der Waals surface area contributed by atoms with Crippen LogP contribution in [0.4, 0.5) is 16.2 Å². The second-order valence-electron chi connectivity index (χ2n) is 10.8. The molecule has 14 nitrogen and oxygen atoms in total. The lowest BCUT2D eigenvalue weighted by molar-refractivity contribution is -0.137. The molecule has 0 aliphatic heterocycles. The molecule has 3 rings (SSSR count). The molecule has 17 heteroatoms. The molecule has 0 fully saturated rings. The maximum absolute atomic E-state index is 13.8. The van der Waals surface area contributed by atoms with Crippen LogP contribution in [0.1, 0.15) is 42.5 Å². The van der Waals surface area contributed by atoms with Crippen LogP contribution in [0.5, 0.6) is 0 Å². The van der Waals surface area contributed by atoms with Crippen molar-refractivity contribution in [1.29, 1.82) is 10.8 Å². The Kier molecular flexibility index (Phi) is 15.3. The number of hydrogen-bond donors (Lipinski definition) is 8. The predicted molar refractivity (Wildman–Crippen MR) is 194 cm³/mol. The number of aliphatic carboxylic acids is 1. The molecule has 0 aliphatic carbocycles. The highest BCUT2D eigenvalue weighted by atomic mass is 32.2. The number of sulfone groups is 1. The minimum absolute atomic E-state index is 0.0371. The monoisotopic (exact) mass is 733 g/mol. The van der Waals surface area contributed by atoms with E-state index in [-0.39, 0.29) is 28.0 Å². The average molecular weight is 734 g/mol. The molecule has 2 aromatic carbocycles. The number of nitrogens with one attached hydrogen (secondary N) is 5. The highest BCUT2D eigenvalue weighted by molar-refractivity contribution is 8.01. The zero-order chi connectivity index (χ0) is 36.0. The van der Waals surface area contributed by atoms with Gasteiger partial charge in [0.25, 0.3) is 0 Å². The summed E-state index contributed by atoms with van der Waals surface area (Å²) < 4.78 is 39.1. The lowest BCUT2D eigenvalue weighted by atomic mass is 9.97. The fourth-order valence-electron chi connectivity index (χ4n) is 4.78. The summed E-state index contributed by atoms with van der Waals surface area (Å²) in [7, 11) is -3.99. The van der Waals surface area contributed by atoms with Crippen LogP contribution in [-0.4, -0.2) is 76.5 Å². The van der Waals surface area contributed by atoms with Gasteiger partial charge in [-0.05, 0) is 73.9 Å². The Morgan fingerprint density at radius 2 is 1.67 bits per heavy atom. The van der Waals surface area contributed by atoms with E-state index in [1.165, 1.54) is 30.0 Å². The number of thiophene rings is 1. The average Bonchev–Trinajstić information content (AvgIpc) is 3.49. The van der Waals surface area contributed by atoms with E-state index in [0.717, 1.165) is 24.2 Å². The van der Waals surface area contributed by atoms with Crippen LogP contribution in [0.2, 0.25) is 0 Å². The van der Waals surface area contributed by atoms with Crippen LogP contribution in [0, 0.1) is 17.7 Å². The topological polar surface area (TPSA) is 243 Å². The van der Waals surface area contributed by atoms with E-state index in [0.29, 0.717) is 83.0 Å². The highest BCUT2D eigenvalue weighted by Crippen LogP contribution is 2.39. The van der Waals surface area contributed by atoms with E-state index in [2.05, 4.69) is 16.0 Å². The number of rotatable bonds is 20. The summed E-state index contributed by atoms with van der Waals surface area (Å²) in [5.74, 6) is -1.29. The molecular weight excluding hydrogens is 691 g/mol. The molecule has 0 spiro atoms. The number of thioether (sulfide) groups is 1. The number of carboxylic acid groups (broad SMARTS) is 1. The lowest BCUT2D eigenvalue weighted by Gasteiger charge is -2.18. The van der Waals surface area contributed by atoms with Crippen molar-refractivity contribution in [3.63, 3.8) is 0 Å². The number of carbonyl (C=O) groups is 2. The number of hydrogen-bond acceptors (Lipinski definition) is 10. The van der Waals surface area contributed by atoms with Gasteiger partial charge in [0, 0.05) is 37.4 Å². The van der Waals surface area contributed by atoms with Gasteiger partial charge in [0.1, 0.15) is 5.84 Å². The number of nitrogen functional groups attached to an aromatic ring is 1. The van der Waals surface area contributed by atoms with Crippen LogP contribution < -0.4 is 27.4 Å². The van der Waals surface area contributed by atoms with Crippen LogP contribution in [-0.2, 0) is 24.1 Å². The van der Waals surface area contributed by atoms with Crippen molar-refractivity contribution >= 4 is 68.1 Å². The second-order valence-corrected chi connectivity index (χ2v) is 14.9. The van der Waals surface area contributed by atoms with Crippen LogP contribution in [0.25, 0.3) is 11.1 Å². The number of ether oxygens (including phenoxy) is 2. The summed E-state index contributed by atoms with van der Waals surface area (Å²) in [4.78, 5) is 24.0. The number of aryl methyl sites for hydroxylation is 1. The summed E-state index contributed by atoms with van der Waals surface area (Å²) >= 11 is 2.40. The number of nitrogens with two attached hydrogens (primary N) is 2. The fraction of sp³-hybridized carbons (Fsp3) is 0.375. The van der Waals surface area contributed by atoms with Crippen molar-refractivity contribution in [2.24, 2.45) is 11.5 Å². The maximum atomic E-state index is 13.8. The molecule has 0 saturated heterocycles. The summed E-state index contributed by atoms with van der Waals surface area (Å²) in [6, 6.07) is 10.7. The smallest absolute Gasteiger partial charge is 0.319 e.